The highest BCUT2D eigenvalue weighted by atomic mass is 15.4. The topological polar surface area (TPSA) is 55.3 Å². The van der Waals surface area contributed by atoms with E-state index in [-0.39, 0.29) is 6.04 Å². The van der Waals surface area contributed by atoms with Crippen LogP contribution in [0.15, 0.2) is 0 Å². The first-order valence-electron chi connectivity index (χ1n) is 6.33. The zero-order chi connectivity index (χ0) is 11.7. The Morgan fingerprint density at radius 1 is 1.07 bits per heavy atom. The van der Waals surface area contributed by atoms with Gasteiger partial charge in [0, 0.05) is 19.1 Å². The molecule has 0 heterocycles. The summed E-state index contributed by atoms with van der Waals surface area (Å²) >= 11 is 0. The van der Waals surface area contributed by atoms with Gasteiger partial charge < -0.3 is 5.73 Å². The Morgan fingerprint density at radius 2 is 1.67 bits per heavy atom. The third-order valence-corrected chi connectivity index (χ3v) is 2.85. The van der Waals surface area contributed by atoms with Crippen LogP contribution < -0.4 is 11.6 Å². The molecule has 0 aliphatic heterocycles. The molecule has 1 atom stereocenters. The molecule has 0 aromatic carbocycles. The van der Waals surface area contributed by atoms with Gasteiger partial charge >= 0.3 is 0 Å². The molecule has 3 heteroatoms. The lowest BCUT2D eigenvalue weighted by Gasteiger charge is -2.23. The third kappa shape index (κ3) is 8.85. The van der Waals surface area contributed by atoms with Crippen LogP contribution in [0.4, 0.5) is 0 Å². The molecule has 0 bridgehead atoms. The normalized spacial score (nSPS) is 13.8. The molecule has 92 valence electrons. The van der Waals surface area contributed by atoms with Gasteiger partial charge in [0.15, 0.2) is 0 Å². The van der Waals surface area contributed by atoms with Crippen LogP contribution in [-0.2, 0) is 0 Å². The zero-order valence-corrected chi connectivity index (χ0v) is 10.7. The highest BCUT2D eigenvalue weighted by Gasteiger charge is 2.10. The summed E-state index contributed by atoms with van der Waals surface area (Å²) in [5.74, 6) is 6.39. The van der Waals surface area contributed by atoms with Gasteiger partial charge in [-0.25, -0.2) is 5.01 Å². The van der Waals surface area contributed by atoms with Gasteiger partial charge in [-0.1, -0.05) is 46.5 Å². The van der Waals surface area contributed by atoms with Gasteiger partial charge in [0.25, 0.3) is 0 Å². The second-order valence-corrected chi connectivity index (χ2v) is 4.82. The van der Waals surface area contributed by atoms with Crippen LogP contribution in [-0.4, -0.2) is 24.1 Å². The number of unbranched alkanes of at least 4 members (excludes halogenated alkanes) is 4. The van der Waals surface area contributed by atoms with Crippen molar-refractivity contribution in [3.05, 3.63) is 0 Å². The lowest BCUT2D eigenvalue weighted by molar-refractivity contribution is 0.239. The van der Waals surface area contributed by atoms with Crippen LogP contribution in [0.1, 0.15) is 52.9 Å². The molecule has 0 radical (unpaired) electrons. The van der Waals surface area contributed by atoms with E-state index in [2.05, 4.69) is 20.8 Å². The number of hydrogen-bond donors (Lipinski definition) is 2. The standard InChI is InChI=1S/C12H29N3/c1-4-5-6-7-8-9-15(14)10-12(13)11(2)3/h11-12H,4-10,13-14H2,1-3H3. The molecule has 0 aromatic rings. The van der Waals surface area contributed by atoms with Crippen LogP contribution in [0.3, 0.4) is 0 Å². The van der Waals surface area contributed by atoms with Crippen LogP contribution in [0, 0.1) is 5.92 Å². The first kappa shape index (κ1) is 14.9. The Kier molecular flexibility index (Phi) is 9.06. The van der Waals surface area contributed by atoms with Gasteiger partial charge in [0.1, 0.15) is 0 Å². The lowest BCUT2D eigenvalue weighted by atomic mass is 10.1. The molecule has 0 fully saturated rings. The molecular weight excluding hydrogens is 186 g/mol. The van der Waals surface area contributed by atoms with Crippen LogP contribution in [0.25, 0.3) is 0 Å². The lowest BCUT2D eigenvalue weighted by Crippen LogP contribution is -2.44. The van der Waals surface area contributed by atoms with Crippen molar-refractivity contribution in [3.8, 4) is 0 Å². The van der Waals surface area contributed by atoms with Crippen molar-refractivity contribution in [2.45, 2.75) is 58.9 Å². The van der Waals surface area contributed by atoms with Crippen molar-refractivity contribution >= 4 is 0 Å². The van der Waals surface area contributed by atoms with E-state index in [4.69, 9.17) is 11.6 Å². The van der Waals surface area contributed by atoms with E-state index in [1.165, 1.54) is 32.1 Å². The molecule has 0 aromatic heterocycles. The Balaban J connectivity index is 3.36. The molecule has 0 amide bonds. The molecule has 0 spiro atoms. The van der Waals surface area contributed by atoms with Gasteiger partial charge in [-0.05, 0) is 12.3 Å². The van der Waals surface area contributed by atoms with Gasteiger partial charge in [0.05, 0.1) is 0 Å². The number of hydrogen-bond acceptors (Lipinski definition) is 3. The fourth-order valence-electron chi connectivity index (χ4n) is 1.49. The average Bonchev–Trinajstić information content (AvgIpc) is 2.17. The maximum absolute atomic E-state index is 5.95. The summed E-state index contributed by atoms with van der Waals surface area (Å²) < 4.78 is 0. The Labute approximate surface area is 95.2 Å². The quantitative estimate of drug-likeness (QED) is 0.352. The highest BCUT2D eigenvalue weighted by Crippen LogP contribution is 2.04. The minimum absolute atomic E-state index is 0.200. The van der Waals surface area contributed by atoms with E-state index in [1.807, 2.05) is 5.01 Å². The fourth-order valence-corrected chi connectivity index (χ4v) is 1.49. The molecule has 0 rings (SSSR count). The summed E-state index contributed by atoms with van der Waals surface area (Å²) in [5.41, 5.74) is 5.95. The second kappa shape index (κ2) is 9.13. The van der Waals surface area contributed by atoms with E-state index in [0.29, 0.717) is 5.92 Å². The largest absolute Gasteiger partial charge is 0.326 e. The summed E-state index contributed by atoms with van der Waals surface area (Å²) in [6.45, 7) is 8.30. The van der Waals surface area contributed by atoms with E-state index in [1.54, 1.807) is 0 Å². The predicted octanol–water partition coefficient (Wildman–Crippen LogP) is 2.12. The molecular formula is C12H29N3. The maximum Gasteiger partial charge on any atom is 0.0283 e. The van der Waals surface area contributed by atoms with E-state index in [9.17, 15) is 0 Å². The van der Waals surface area contributed by atoms with Crippen molar-refractivity contribution < 1.29 is 0 Å². The summed E-state index contributed by atoms with van der Waals surface area (Å²) in [7, 11) is 0. The van der Waals surface area contributed by atoms with Gasteiger partial charge in [-0.3, -0.25) is 5.84 Å². The number of nitrogens with two attached hydrogens (primary N) is 2. The Morgan fingerprint density at radius 3 is 2.20 bits per heavy atom. The monoisotopic (exact) mass is 215 g/mol. The first-order valence-corrected chi connectivity index (χ1v) is 6.33. The fraction of sp³-hybridized carbons (Fsp3) is 1.00. The molecule has 0 aliphatic rings. The zero-order valence-electron chi connectivity index (χ0n) is 10.7. The van der Waals surface area contributed by atoms with Crippen LogP contribution in [0.2, 0.25) is 0 Å². The van der Waals surface area contributed by atoms with E-state index in [0.717, 1.165) is 13.1 Å². The predicted molar refractivity (Wildman–Crippen MR) is 67.3 cm³/mol. The maximum atomic E-state index is 5.95. The van der Waals surface area contributed by atoms with Crippen molar-refractivity contribution in [1.82, 2.24) is 5.01 Å². The first-order chi connectivity index (χ1) is 7.07. The van der Waals surface area contributed by atoms with Crippen molar-refractivity contribution in [1.29, 1.82) is 0 Å². The second-order valence-electron chi connectivity index (χ2n) is 4.82. The SMILES string of the molecule is CCCCCCCN(N)CC(N)C(C)C. The molecule has 1 unspecified atom stereocenters. The molecule has 4 N–H and O–H groups in total. The molecule has 0 aliphatic carbocycles. The summed E-state index contributed by atoms with van der Waals surface area (Å²) in [6, 6.07) is 0.200. The van der Waals surface area contributed by atoms with E-state index >= 15 is 0 Å². The van der Waals surface area contributed by atoms with Gasteiger partial charge in [-0.2, -0.15) is 0 Å². The van der Waals surface area contributed by atoms with Gasteiger partial charge in [-0.15, -0.1) is 0 Å². The Bertz CT molecular complexity index is 137. The van der Waals surface area contributed by atoms with Crippen molar-refractivity contribution in [2.24, 2.45) is 17.5 Å². The van der Waals surface area contributed by atoms with Crippen LogP contribution in [0.5, 0.6) is 0 Å². The molecule has 3 nitrogen and oxygen atoms in total. The minimum atomic E-state index is 0.200. The highest BCUT2D eigenvalue weighted by molar-refractivity contribution is 4.68. The van der Waals surface area contributed by atoms with Crippen LogP contribution >= 0.6 is 0 Å². The number of hydrazine groups is 1. The number of nitrogens with zero attached hydrogens (tertiary/aromatic N) is 1. The van der Waals surface area contributed by atoms with E-state index < -0.39 is 0 Å². The summed E-state index contributed by atoms with van der Waals surface area (Å²) in [5, 5.41) is 1.87. The summed E-state index contributed by atoms with van der Waals surface area (Å²) in [6.07, 6.45) is 6.46. The molecule has 0 saturated heterocycles. The average molecular weight is 215 g/mol. The summed E-state index contributed by atoms with van der Waals surface area (Å²) in [4.78, 5) is 0. The molecule has 0 saturated carbocycles. The molecule has 15 heavy (non-hydrogen) atoms. The van der Waals surface area contributed by atoms with Gasteiger partial charge in [0.2, 0.25) is 0 Å². The Hall–Kier alpha value is -0.120. The number of rotatable bonds is 9. The third-order valence-electron chi connectivity index (χ3n) is 2.85. The van der Waals surface area contributed by atoms with Crippen molar-refractivity contribution in [2.75, 3.05) is 13.1 Å². The smallest absolute Gasteiger partial charge is 0.0283 e. The minimum Gasteiger partial charge on any atom is -0.326 e. The van der Waals surface area contributed by atoms with Crippen molar-refractivity contribution in [3.63, 3.8) is 0 Å².